The molecule has 130 valence electrons. The number of Topliss-reactive ketones (excluding diaryl/α,β-unsaturated/α-hetero) is 1. The minimum Gasteiger partial charge on any atom is -0.493 e. The first-order valence-corrected chi connectivity index (χ1v) is 9.29. The second-order valence-electron chi connectivity index (χ2n) is 6.11. The molecule has 4 rings (SSSR count). The number of benzene rings is 2. The molecule has 0 bridgehead atoms. The van der Waals surface area contributed by atoms with Crippen LogP contribution in [0.25, 0.3) is 6.08 Å². The maximum absolute atomic E-state index is 12.5. The predicted octanol–water partition coefficient (Wildman–Crippen LogP) is 5.16. The summed E-state index contributed by atoms with van der Waals surface area (Å²) in [6.07, 6.45) is 2.61. The van der Waals surface area contributed by atoms with Crippen LogP contribution in [0.1, 0.15) is 26.4 Å². The lowest BCUT2D eigenvalue weighted by Gasteiger charge is -2.11. The van der Waals surface area contributed by atoms with Crippen molar-refractivity contribution in [2.75, 3.05) is 7.11 Å². The highest BCUT2D eigenvalue weighted by molar-refractivity contribution is 7.09. The van der Waals surface area contributed by atoms with Crippen molar-refractivity contribution in [3.63, 3.8) is 0 Å². The summed E-state index contributed by atoms with van der Waals surface area (Å²) in [5, 5.41) is 2.03. The molecule has 0 spiro atoms. The summed E-state index contributed by atoms with van der Waals surface area (Å²) >= 11 is 1.66. The van der Waals surface area contributed by atoms with Crippen LogP contribution in [0.15, 0.2) is 65.6 Å². The Hall–Kier alpha value is -2.85. The Balaban J connectivity index is 1.55. The van der Waals surface area contributed by atoms with Gasteiger partial charge in [0, 0.05) is 22.4 Å². The van der Waals surface area contributed by atoms with Crippen molar-refractivity contribution in [1.82, 2.24) is 0 Å². The molecule has 3 nitrogen and oxygen atoms in total. The highest BCUT2D eigenvalue weighted by atomic mass is 32.1. The molecular formula is C22H18O3S. The van der Waals surface area contributed by atoms with E-state index in [1.54, 1.807) is 18.4 Å². The second-order valence-corrected chi connectivity index (χ2v) is 7.14. The smallest absolute Gasteiger partial charge is 0.189 e. The van der Waals surface area contributed by atoms with Crippen molar-refractivity contribution in [1.29, 1.82) is 0 Å². The van der Waals surface area contributed by atoms with E-state index < -0.39 is 0 Å². The molecule has 26 heavy (non-hydrogen) atoms. The van der Waals surface area contributed by atoms with Gasteiger partial charge in [-0.15, -0.1) is 11.3 Å². The van der Waals surface area contributed by atoms with Crippen LogP contribution in [-0.4, -0.2) is 12.9 Å². The lowest BCUT2D eigenvalue weighted by atomic mass is 10.1. The number of ketones is 1. The zero-order chi connectivity index (χ0) is 17.9. The largest absolute Gasteiger partial charge is 0.493 e. The van der Waals surface area contributed by atoms with Crippen LogP contribution < -0.4 is 9.47 Å². The Morgan fingerprint density at radius 2 is 1.96 bits per heavy atom. The van der Waals surface area contributed by atoms with Gasteiger partial charge in [-0.05, 0) is 40.8 Å². The fourth-order valence-electron chi connectivity index (χ4n) is 3.11. The van der Waals surface area contributed by atoms with Crippen molar-refractivity contribution in [2.45, 2.75) is 13.0 Å². The van der Waals surface area contributed by atoms with E-state index in [2.05, 4.69) is 0 Å². The van der Waals surface area contributed by atoms with E-state index >= 15 is 0 Å². The van der Waals surface area contributed by atoms with Gasteiger partial charge in [-0.25, -0.2) is 0 Å². The Labute approximate surface area is 156 Å². The first-order valence-electron chi connectivity index (χ1n) is 8.41. The molecule has 0 amide bonds. The first-order chi connectivity index (χ1) is 12.7. The molecule has 4 heteroatoms. The topological polar surface area (TPSA) is 35.5 Å². The summed E-state index contributed by atoms with van der Waals surface area (Å²) in [6.45, 7) is 0.516. The number of hydrogen-bond donors (Lipinski definition) is 0. The van der Waals surface area contributed by atoms with Crippen molar-refractivity contribution in [3.05, 3.63) is 87.1 Å². The summed E-state index contributed by atoms with van der Waals surface area (Å²) < 4.78 is 11.3. The van der Waals surface area contributed by atoms with Crippen molar-refractivity contribution >= 4 is 23.2 Å². The molecule has 0 unspecified atom stereocenters. The standard InChI is InChI=1S/C22H18O3S/c1-24-21-12-15(8-9-20(21)25-14-18-6-4-10-26-18)11-17-13-16-5-2-3-7-19(16)22(17)23/h2-12H,13-14H2,1H3/b17-11+. The van der Waals surface area contributed by atoms with Gasteiger partial charge in [0.2, 0.25) is 0 Å². The summed E-state index contributed by atoms with van der Waals surface area (Å²) in [5.41, 5.74) is 3.63. The van der Waals surface area contributed by atoms with Gasteiger partial charge in [-0.2, -0.15) is 0 Å². The zero-order valence-electron chi connectivity index (χ0n) is 14.4. The Bertz CT molecular complexity index is 971. The van der Waals surface area contributed by atoms with E-state index in [1.807, 2.05) is 66.1 Å². The van der Waals surface area contributed by atoms with Gasteiger partial charge in [-0.1, -0.05) is 36.4 Å². The molecule has 0 saturated carbocycles. The number of ether oxygens (including phenoxy) is 2. The highest BCUT2D eigenvalue weighted by Gasteiger charge is 2.24. The van der Waals surface area contributed by atoms with Gasteiger partial charge in [0.1, 0.15) is 6.61 Å². The molecule has 0 N–H and O–H groups in total. The third-order valence-electron chi connectivity index (χ3n) is 4.41. The molecule has 1 aromatic heterocycles. The van der Waals surface area contributed by atoms with E-state index in [0.29, 0.717) is 24.5 Å². The van der Waals surface area contributed by atoms with Crippen molar-refractivity contribution in [2.24, 2.45) is 0 Å². The maximum atomic E-state index is 12.5. The Kier molecular flexibility index (Phi) is 4.59. The first kappa shape index (κ1) is 16.6. The van der Waals surface area contributed by atoms with E-state index in [-0.39, 0.29) is 5.78 Å². The molecular weight excluding hydrogens is 344 g/mol. The average Bonchev–Trinajstić information content (AvgIpc) is 3.29. The molecule has 1 aliphatic rings. The van der Waals surface area contributed by atoms with Gasteiger partial charge in [0.15, 0.2) is 17.3 Å². The third-order valence-corrected chi connectivity index (χ3v) is 5.26. The lowest BCUT2D eigenvalue weighted by Crippen LogP contribution is -1.97. The van der Waals surface area contributed by atoms with Crippen LogP contribution in [0, 0.1) is 0 Å². The number of carbonyl (C=O) groups is 1. The number of methoxy groups -OCH3 is 1. The number of fused-ring (bicyclic) bond motifs is 1. The van der Waals surface area contributed by atoms with Crippen LogP contribution in [0.2, 0.25) is 0 Å². The van der Waals surface area contributed by atoms with Crippen LogP contribution in [-0.2, 0) is 13.0 Å². The van der Waals surface area contributed by atoms with Crippen LogP contribution in [0.3, 0.4) is 0 Å². The molecule has 3 aromatic rings. The fourth-order valence-corrected chi connectivity index (χ4v) is 3.72. The van der Waals surface area contributed by atoms with E-state index in [0.717, 1.165) is 27.1 Å². The van der Waals surface area contributed by atoms with Crippen molar-refractivity contribution < 1.29 is 14.3 Å². The lowest BCUT2D eigenvalue weighted by molar-refractivity contribution is 0.104. The quantitative estimate of drug-likeness (QED) is 0.588. The molecule has 0 saturated heterocycles. The monoisotopic (exact) mass is 362 g/mol. The van der Waals surface area contributed by atoms with Gasteiger partial charge in [-0.3, -0.25) is 4.79 Å². The van der Waals surface area contributed by atoms with Gasteiger partial charge in [0.05, 0.1) is 7.11 Å². The van der Waals surface area contributed by atoms with Gasteiger partial charge >= 0.3 is 0 Å². The third kappa shape index (κ3) is 3.28. The van der Waals surface area contributed by atoms with Crippen LogP contribution in [0.4, 0.5) is 0 Å². The Morgan fingerprint density at radius 1 is 1.08 bits per heavy atom. The van der Waals surface area contributed by atoms with Gasteiger partial charge in [0.25, 0.3) is 0 Å². The second kappa shape index (κ2) is 7.18. The van der Waals surface area contributed by atoms with Crippen LogP contribution in [0.5, 0.6) is 11.5 Å². The summed E-state index contributed by atoms with van der Waals surface area (Å²) in [4.78, 5) is 13.7. The summed E-state index contributed by atoms with van der Waals surface area (Å²) in [6, 6.07) is 17.6. The normalized spacial score (nSPS) is 14.5. The molecule has 0 aliphatic heterocycles. The Morgan fingerprint density at radius 3 is 2.73 bits per heavy atom. The molecule has 1 aliphatic carbocycles. The zero-order valence-corrected chi connectivity index (χ0v) is 15.2. The number of rotatable bonds is 5. The molecule has 2 aromatic carbocycles. The van der Waals surface area contributed by atoms with Gasteiger partial charge < -0.3 is 9.47 Å². The predicted molar refractivity (Wildman–Crippen MR) is 104 cm³/mol. The van der Waals surface area contributed by atoms with E-state index in [9.17, 15) is 4.79 Å². The average molecular weight is 362 g/mol. The number of carbonyl (C=O) groups excluding carboxylic acids is 1. The van der Waals surface area contributed by atoms with E-state index in [1.165, 1.54) is 0 Å². The maximum Gasteiger partial charge on any atom is 0.189 e. The fraction of sp³-hybridized carbons (Fsp3) is 0.136. The SMILES string of the molecule is COc1cc(/C=C2\Cc3ccccc3C2=O)ccc1OCc1cccs1. The summed E-state index contributed by atoms with van der Waals surface area (Å²) in [7, 11) is 1.63. The minimum atomic E-state index is 0.109. The minimum absolute atomic E-state index is 0.109. The van der Waals surface area contributed by atoms with Crippen LogP contribution >= 0.6 is 11.3 Å². The number of hydrogen-bond acceptors (Lipinski definition) is 4. The van der Waals surface area contributed by atoms with Crippen molar-refractivity contribution in [3.8, 4) is 11.5 Å². The van der Waals surface area contributed by atoms with E-state index in [4.69, 9.17) is 9.47 Å². The summed E-state index contributed by atoms with van der Waals surface area (Å²) in [5.74, 6) is 1.47. The molecule has 0 radical (unpaired) electrons. The number of thiophene rings is 1. The highest BCUT2D eigenvalue weighted by Crippen LogP contribution is 2.32. The number of allylic oxidation sites excluding steroid dienone is 1. The molecule has 0 atom stereocenters. The molecule has 1 heterocycles. The molecule has 0 fully saturated rings.